The van der Waals surface area contributed by atoms with E-state index in [-0.39, 0.29) is 12.6 Å². The number of fused-ring (bicyclic) bond motifs is 3. The maximum atomic E-state index is 12.8. The van der Waals surface area contributed by atoms with Gasteiger partial charge in [0.05, 0.1) is 4.75 Å². The summed E-state index contributed by atoms with van der Waals surface area (Å²) in [5.41, 5.74) is -0.648. The zero-order valence-corrected chi connectivity index (χ0v) is 18.6. The summed E-state index contributed by atoms with van der Waals surface area (Å²) in [7, 11) is 0. The Bertz CT molecular complexity index is 1000. The molecule has 2 aliphatic heterocycles. The second kappa shape index (κ2) is 7.13. The number of aliphatic carboxylic acids is 1. The number of carbonyl (C=O) groups is 4. The van der Waals surface area contributed by atoms with Gasteiger partial charge < -0.3 is 20.1 Å². The number of β-lactam (4-membered cyclic amide) rings is 1. The van der Waals surface area contributed by atoms with E-state index in [1.54, 1.807) is 24.3 Å². The third kappa shape index (κ3) is 3.07. The molecule has 4 unspecified atom stereocenters. The normalized spacial score (nSPS) is 32.8. The van der Waals surface area contributed by atoms with Gasteiger partial charge in [-0.3, -0.25) is 14.5 Å². The number of hydrogen-bond acceptors (Lipinski definition) is 6. The van der Waals surface area contributed by atoms with Crippen molar-refractivity contribution >= 4 is 41.3 Å². The van der Waals surface area contributed by atoms with E-state index in [4.69, 9.17) is 4.74 Å². The highest BCUT2D eigenvalue weighted by Gasteiger charge is 2.85. The number of hydrogen-bond donors (Lipinski definition) is 2. The van der Waals surface area contributed by atoms with Gasteiger partial charge in [0.2, 0.25) is 11.8 Å². The molecule has 2 saturated heterocycles. The van der Waals surface area contributed by atoms with Crippen LogP contribution in [0.2, 0.25) is 0 Å². The molecule has 170 valence electrons. The third-order valence-corrected chi connectivity index (χ3v) is 8.74. The zero-order valence-electron chi connectivity index (χ0n) is 17.8. The molecule has 1 aromatic rings. The number of anilines is 1. The Morgan fingerprint density at radius 3 is 2.62 bits per heavy atom. The summed E-state index contributed by atoms with van der Waals surface area (Å²) in [6.45, 7) is 3.38. The molecule has 2 heterocycles. The highest BCUT2D eigenvalue weighted by Crippen LogP contribution is 2.71. The van der Waals surface area contributed by atoms with E-state index >= 15 is 0 Å². The van der Waals surface area contributed by atoms with Crippen LogP contribution in [0, 0.1) is 5.92 Å². The first-order valence-corrected chi connectivity index (χ1v) is 11.6. The van der Waals surface area contributed by atoms with Crippen molar-refractivity contribution in [1.82, 2.24) is 10.2 Å². The number of thioether (sulfide) groups is 1. The molecule has 4 aliphatic rings. The Morgan fingerprint density at radius 1 is 1.31 bits per heavy atom. The lowest BCUT2D eigenvalue weighted by Gasteiger charge is -2.46. The Kier molecular flexibility index (Phi) is 4.70. The first-order chi connectivity index (χ1) is 15.2. The summed E-state index contributed by atoms with van der Waals surface area (Å²) in [5.74, 6) is -1.54. The van der Waals surface area contributed by atoms with Gasteiger partial charge in [-0.2, -0.15) is 0 Å². The predicted octanol–water partition coefficient (Wildman–Crippen LogP) is 1.81. The molecule has 3 amide bonds. The van der Waals surface area contributed by atoms with Crippen molar-refractivity contribution in [2.75, 3.05) is 11.4 Å². The number of carboxylic acid groups (broad SMARTS) is 1. The predicted molar refractivity (Wildman–Crippen MR) is 116 cm³/mol. The van der Waals surface area contributed by atoms with E-state index < -0.39 is 45.6 Å². The van der Waals surface area contributed by atoms with E-state index in [2.05, 4.69) is 5.32 Å². The van der Waals surface area contributed by atoms with Crippen LogP contribution in [0.5, 0.6) is 0 Å². The SMILES string of the molecule is CC(OC(=O)N(CC(=O)NC1C(=O)N2[C@H]1SC1(C)CC21C(=O)O)c1ccccc1)C1CC1. The van der Waals surface area contributed by atoms with Crippen molar-refractivity contribution in [2.45, 2.75) is 60.9 Å². The fourth-order valence-corrected chi connectivity index (χ4v) is 6.75. The van der Waals surface area contributed by atoms with Crippen molar-refractivity contribution in [2.24, 2.45) is 5.92 Å². The van der Waals surface area contributed by atoms with Crippen LogP contribution >= 0.6 is 11.8 Å². The van der Waals surface area contributed by atoms with E-state index in [1.807, 2.05) is 19.9 Å². The summed E-state index contributed by atoms with van der Waals surface area (Å²) in [5, 5.41) is 11.9. The zero-order chi connectivity index (χ0) is 22.8. The maximum absolute atomic E-state index is 12.8. The summed E-state index contributed by atoms with van der Waals surface area (Å²) in [6, 6.07) is 7.96. The number of amides is 3. The van der Waals surface area contributed by atoms with Crippen LogP contribution in [0.4, 0.5) is 10.5 Å². The summed E-state index contributed by atoms with van der Waals surface area (Å²) in [6.07, 6.45) is 1.62. The summed E-state index contributed by atoms with van der Waals surface area (Å²) < 4.78 is 5.03. The second-order valence-corrected chi connectivity index (χ2v) is 10.8. The minimum Gasteiger partial charge on any atom is -0.479 e. The Labute approximate surface area is 189 Å². The fraction of sp³-hybridized carbons (Fsp3) is 0.545. The van der Waals surface area contributed by atoms with Gasteiger partial charge >= 0.3 is 12.1 Å². The standard InChI is InChI=1S/C22H25N3O6S/c1-12(13-8-9-13)31-20(30)24(14-6-4-3-5-7-14)10-15(26)23-16-17(27)25-18(16)32-21(2)11-22(21,25)19(28)29/h3-7,12-13,16,18H,8-11H2,1-2H3,(H,23,26)(H,28,29)/t12?,16?,18-,21?,22?/m0/s1. The van der Waals surface area contributed by atoms with E-state index in [1.165, 1.54) is 21.6 Å². The molecule has 2 N–H and O–H groups in total. The maximum Gasteiger partial charge on any atom is 0.415 e. The van der Waals surface area contributed by atoms with Crippen molar-refractivity contribution < 1.29 is 29.0 Å². The van der Waals surface area contributed by atoms with Gasteiger partial charge in [-0.1, -0.05) is 18.2 Å². The Hall–Kier alpha value is -2.75. The van der Waals surface area contributed by atoms with Gasteiger partial charge in [0, 0.05) is 12.1 Å². The van der Waals surface area contributed by atoms with Gasteiger partial charge in [-0.15, -0.1) is 11.8 Å². The molecule has 5 atom stereocenters. The van der Waals surface area contributed by atoms with Crippen molar-refractivity contribution in [3.8, 4) is 0 Å². The van der Waals surface area contributed by atoms with Gasteiger partial charge in [0.15, 0.2) is 5.54 Å². The van der Waals surface area contributed by atoms with Crippen LogP contribution in [0.15, 0.2) is 30.3 Å². The minimum atomic E-state index is -1.17. The van der Waals surface area contributed by atoms with Crippen LogP contribution in [0.25, 0.3) is 0 Å². The highest BCUT2D eigenvalue weighted by molar-refractivity contribution is 8.02. The summed E-state index contributed by atoms with van der Waals surface area (Å²) in [4.78, 5) is 52.8. The number of rotatable bonds is 7. The monoisotopic (exact) mass is 459 g/mol. The van der Waals surface area contributed by atoms with E-state index in [0.717, 1.165) is 12.8 Å². The molecule has 0 aromatic heterocycles. The molecular weight excluding hydrogens is 434 g/mol. The van der Waals surface area contributed by atoms with Crippen LogP contribution < -0.4 is 10.2 Å². The van der Waals surface area contributed by atoms with E-state index in [0.29, 0.717) is 18.0 Å². The molecule has 0 radical (unpaired) electrons. The molecule has 2 saturated carbocycles. The highest BCUT2D eigenvalue weighted by atomic mass is 32.2. The van der Waals surface area contributed by atoms with Gasteiger partial charge in [-0.25, -0.2) is 9.59 Å². The molecule has 4 fully saturated rings. The van der Waals surface area contributed by atoms with E-state index in [9.17, 15) is 24.3 Å². The molecule has 0 bridgehead atoms. The number of para-hydroxylation sites is 1. The number of nitrogens with zero attached hydrogens (tertiary/aromatic N) is 2. The number of nitrogens with one attached hydrogen (secondary N) is 1. The number of carbonyl (C=O) groups excluding carboxylic acids is 3. The molecule has 9 nitrogen and oxygen atoms in total. The van der Waals surface area contributed by atoms with Crippen LogP contribution in [-0.4, -0.2) is 68.2 Å². The number of carboxylic acids is 1. The lowest BCUT2D eigenvalue weighted by atomic mass is 10.0. The lowest BCUT2D eigenvalue weighted by molar-refractivity contribution is -0.163. The summed E-state index contributed by atoms with van der Waals surface area (Å²) >= 11 is 1.42. The number of ether oxygens (including phenoxy) is 1. The van der Waals surface area contributed by atoms with Crippen LogP contribution in [0.3, 0.4) is 0 Å². The van der Waals surface area contributed by atoms with Crippen LogP contribution in [-0.2, 0) is 19.1 Å². The minimum absolute atomic E-state index is 0.229. The average molecular weight is 460 g/mol. The van der Waals surface area contributed by atoms with Crippen molar-refractivity contribution in [1.29, 1.82) is 0 Å². The van der Waals surface area contributed by atoms with Crippen LogP contribution in [0.1, 0.15) is 33.1 Å². The van der Waals surface area contributed by atoms with Crippen molar-refractivity contribution in [3.63, 3.8) is 0 Å². The molecule has 1 aromatic carbocycles. The topological polar surface area (TPSA) is 116 Å². The smallest absolute Gasteiger partial charge is 0.415 e. The quantitative estimate of drug-likeness (QED) is 0.598. The Morgan fingerprint density at radius 2 is 2.00 bits per heavy atom. The molecule has 10 heteroatoms. The lowest BCUT2D eigenvalue weighted by Crippen LogP contribution is -2.72. The third-order valence-electron chi connectivity index (χ3n) is 7.01. The first-order valence-electron chi connectivity index (χ1n) is 10.7. The van der Waals surface area contributed by atoms with Gasteiger partial charge in [-0.05, 0) is 44.7 Å². The fourth-order valence-electron chi connectivity index (χ4n) is 4.83. The molecule has 0 spiro atoms. The molecule has 32 heavy (non-hydrogen) atoms. The largest absolute Gasteiger partial charge is 0.479 e. The average Bonchev–Trinajstić information content (AvgIpc) is 3.67. The molecular formula is C22H25N3O6S. The van der Waals surface area contributed by atoms with Crippen molar-refractivity contribution in [3.05, 3.63) is 30.3 Å². The van der Waals surface area contributed by atoms with Gasteiger partial charge in [0.1, 0.15) is 24.1 Å². The number of benzene rings is 1. The molecule has 2 aliphatic carbocycles. The first kappa shape index (κ1) is 21.1. The second-order valence-electron chi connectivity index (χ2n) is 9.18. The molecule has 5 rings (SSSR count). The Balaban J connectivity index is 1.26. The van der Waals surface area contributed by atoms with Gasteiger partial charge in [0.25, 0.3) is 0 Å².